The van der Waals surface area contributed by atoms with E-state index in [0.717, 1.165) is 25.1 Å². The third kappa shape index (κ3) is 1.68. The lowest BCUT2D eigenvalue weighted by molar-refractivity contribution is 0.238. The lowest BCUT2D eigenvalue weighted by Crippen LogP contribution is -2.23. The number of fused-ring (bicyclic) bond motifs is 1. The van der Waals surface area contributed by atoms with Crippen LogP contribution >= 0.6 is 0 Å². The van der Waals surface area contributed by atoms with Gasteiger partial charge < -0.3 is 0 Å². The Hall–Kier alpha value is -1.02. The Morgan fingerprint density at radius 3 is 3.00 bits per heavy atom. The monoisotopic (exact) mass is 177 g/mol. The molecule has 1 aliphatic rings. The molecular formula is C11H15NO. The molecule has 1 heterocycles. The summed E-state index contributed by atoms with van der Waals surface area (Å²) in [5.41, 5.74) is 2.24. The number of hydroxylamine groups is 1. The van der Waals surface area contributed by atoms with Crippen LogP contribution in [0.4, 0.5) is 5.69 Å². The molecule has 13 heavy (non-hydrogen) atoms. The molecule has 0 fully saturated rings. The van der Waals surface area contributed by atoms with Crippen molar-refractivity contribution in [3.63, 3.8) is 0 Å². The fraction of sp³-hybridized carbons (Fsp3) is 0.455. The van der Waals surface area contributed by atoms with E-state index >= 15 is 0 Å². The van der Waals surface area contributed by atoms with E-state index in [1.54, 1.807) is 0 Å². The van der Waals surface area contributed by atoms with Crippen molar-refractivity contribution < 1.29 is 5.21 Å². The lowest BCUT2D eigenvalue weighted by atomic mass is 10.0. The topological polar surface area (TPSA) is 23.5 Å². The standard InChI is InChI=1S/C11H15NO/c1-9-6-7-10-4-2-3-5-11(10)12(13)8-9/h2-5,9,13H,6-8H2,1H3. The average Bonchev–Trinajstić information content (AvgIpc) is 2.27. The van der Waals surface area contributed by atoms with Gasteiger partial charge in [-0.2, -0.15) is 0 Å². The zero-order valence-corrected chi connectivity index (χ0v) is 7.90. The molecule has 2 heteroatoms. The molecule has 0 aliphatic carbocycles. The van der Waals surface area contributed by atoms with Gasteiger partial charge >= 0.3 is 0 Å². The second-order valence-corrected chi connectivity index (χ2v) is 3.85. The van der Waals surface area contributed by atoms with Crippen LogP contribution in [0.5, 0.6) is 0 Å². The number of anilines is 1. The summed E-state index contributed by atoms with van der Waals surface area (Å²) >= 11 is 0. The van der Waals surface area contributed by atoms with Gasteiger partial charge in [-0.05, 0) is 30.4 Å². The summed E-state index contributed by atoms with van der Waals surface area (Å²) in [7, 11) is 0. The molecule has 2 nitrogen and oxygen atoms in total. The molecule has 0 amide bonds. The maximum Gasteiger partial charge on any atom is 0.0666 e. The predicted molar refractivity (Wildman–Crippen MR) is 53.1 cm³/mol. The molecular weight excluding hydrogens is 162 g/mol. The van der Waals surface area contributed by atoms with Crippen molar-refractivity contribution in [1.29, 1.82) is 0 Å². The first kappa shape index (κ1) is 8.57. The summed E-state index contributed by atoms with van der Waals surface area (Å²) in [6.07, 6.45) is 2.24. The van der Waals surface area contributed by atoms with Crippen molar-refractivity contribution in [2.24, 2.45) is 5.92 Å². The molecule has 1 N–H and O–H groups in total. The van der Waals surface area contributed by atoms with Crippen molar-refractivity contribution >= 4 is 5.69 Å². The second kappa shape index (κ2) is 3.38. The molecule has 70 valence electrons. The largest absolute Gasteiger partial charge is 0.288 e. The fourth-order valence-corrected chi connectivity index (χ4v) is 1.86. The third-order valence-electron chi connectivity index (χ3n) is 2.66. The van der Waals surface area contributed by atoms with Crippen molar-refractivity contribution in [3.8, 4) is 0 Å². The normalized spacial score (nSPS) is 22.3. The molecule has 2 rings (SSSR count). The first-order valence-electron chi connectivity index (χ1n) is 4.81. The van der Waals surface area contributed by atoms with E-state index in [1.165, 1.54) is 10.6 Å². The highest BCUT2D eigenvalue weighted by atomic mass is 16.5. The van der Waals surface area contributed by atoms with Crippen LogP contribution in [0.2, 0.25) is 0 Å². The van der Waals surface area contributed by atoms with Gasteiger partial charge in [-0.1, -0.05) is 25.1 Å². The van der Waals surface area contributed by atoms with Crippen LogP contribution in [-0.4, -0.2) is 11.8 Å². The van der Waals surface area contributed by atoms with Crippen LogP contribution in [0.1, 0.15) is 18.9 Å². The van der Waals surface area contributed by atoms with Crippen LogP contribution < -0.4 is 5.06 Å². The molecule has 0 aromatic heterocycles. The first-order chi connectivity index (χ1) is 6.27. The zero-order valence-electron chi connectivity index (χ0n) is 7.90. The van der Waals surface area contributed by atoms with Gasteiger partial charge in [-0.3, -0.25) is 10.3 Å². The molecule has 0 saturated heterocycles. The SMILES string of the molecule is CC1CCc2ccccc2N(O)C1. The Balaban J connectivity index is 2.35. The second-order valence-electron chi connectivity index (χ2n) is 3.85. The molecule has 1 aromatic carbocycles. The number of aryl methyl sites for hydroxylation is 1. The van der Waals surface area contributed by atoms with Gasteiger partial charge in [0.05, 0.1) is 5.69 Å². The Kier molecular flexibility index (Phi) is 2.23. The first-order valence-corrected chi connectivity index (χ1v) is 4.81. The molecule has 0 radical (unpaired) electrons. The van der Waals surface area contributed by atoms with E-state index in [2.05, 4.69) is 13.0 Å². The lowest BCUT2D eigenvalue weighted by Gasteiger charge is -2.18. The van der Waals surface area contributed by atoms with E-state index in [4.69, 9.17) is 0 Å². The maximum atomic E-state index is 9.75. The average molecular weight is 177 g/mol. The van der Waals surface area contributed by atoms with Crippen LogP contribution in [-0.2, 0) is 6.42 Å². The summed E-state index contributed by atoms with van der Waals surface area (Å²) in [6.45, 7) is 2.92. The van der Waals surface area contributed by atoms with Gasteiger partial charge in [0.2, 0.25) is 0 Å². The van der Waals surface area contributed by atoms with Crippen molar-refractivity contribution in [2.75, 3.05) is 11.6 Å². The number of rotatable bonds is 0. The Morgan fingerprint density at radius 1 is 1.38 bits per heavy atom. The summed E-state index contributed by atoms with van der Waals surface area (Å²) in [6, 6.07) is 8.07. The minimum absolute atomic E-state index is 0.567. The predicted octanol–water partition coefficient (Wildman–Crippen LogP) is 2.46. The highest BCUT2D eigenvalue weighted by Gasteiger charge is 2.16. The maximum absolute atomic E-state index is 9.75. The number of para-hydroxylation sites is 1. The van der Waals surface area contributed by atoms with Crippen LogP contribution in [0, 0.1) is 5.92 Å². The molecule has 1 aromatic rings. The van der Waals surface area contributed by atoms with E-state index < -0.39 is 0 Å². The van der Waals surface area contributed by atoms with Crippen LogP contribution in [0.25, 0.3) is 0 Å². The summed E-state index contributed by atoms with van der Waals surface area (Å²) in [4.78, 5) is 0. The number of hydrogen-bond acceptors (Lipinski definition) is 2. The molecule has 0 bridgehead atoms. The molecule has 1 atom stereocenters. The molecule has 0 saturated carbocycles. The number of nitrogens with zero attached hydrogens (tertiary/aromatic N) is 1. The number of hydrogen-bond donors (Lipinski definition) is 1. The van der Waals surface area contributed by atoms with Gasteiger partial charge in [-0.15, -0.1) is 0 Å². The van der Waals surface area contributed by atoms with Crippen LogP contribution in [0.3, 0.4) is 0 Å². The Labute approximate surface area is 78.8 Å². The van der Waals surface area contributed by atoms with Crippen LogP contribution in [0.15, 0.2) is 24.3 Å². The van der Waals surface area contributed by atoms with Crippen molar-refractivity contribution in [1.82, 2.24) is 0 Å². The fourth-order valence-electron chi connectivity index (χ4n) is 1.86. The summed E-state index contributed by atoms with van der Waals surface area (Å²) in [5, 5.41) is 11.1. The minimum Gasteiger partial charge on any atom is -0.288 e. The molecule has 1 aliphatic heterocycles. The van der Waals surface area contributed by atoms with Crippen molar-refractivity contribution in [2.45, 2.75) is 19.8 Å². The number of benzene rings is 1. The van der Waals surface area contributed by atoms with Gasteiger partial charge in [0.1, 0.15) is 0 Å². The Morgan fingerprint density at radius 2 is 2.15 bits per heavy atom. The van der Waals surface area contributed by atoms with E-state index in [0.29, 0.717) is 5.92 Å². The van der Waals surface area contributed by atoms with Gasteiger partial charge in [0.15, 0.2) is 0 Å². The van der Waals surface area contributed by atoms with E-state index in [1.807, 2.05) is 18.2 Å². The molecule has 0 spiro atoms. The van der Waals surface area contributed by atoms with Gasteiger partial charge in [0, 0.05) is 6.54 Å². The van der Waals surface area contributed by atoms with Gasteiger partial charge in [-0.25, -0.2) is 0 Å². The molecule has 1 unspecified atom stereocenters. The highest BCUT2D eigenvalue weighted by molar-refractivity contribution is 5.52. The van der Waals surface area contributed by atoms with Gasteiger partial charge in [0.25, 0.3) is 0 Å². The summed E-state index contributed by atoms with van der Waals surface area (Å²) in [5.74, 6) is 0.567. The third-order valence-corrected chi connectivity index (χ3v) is 2.66. The zero-order chi connectivity index (χ0) is 9.26. The van der Waals surface area contributed by atoms with E-state index in [9.17, 15) is 5.21 Å². The quantitative estimate of drug-likeness (QED) is 0.658. The van der Waals surface area contributed by atoms with Crippen molar-refractivity contribution in [3.05, 3.63) is 29.8 Å². The minimum atomic E-state index is 0.567. The Bertz CT molecular complexity index is 298. The van der Waals surface area contributed by atoms with E-state index in [-0.39, 0.29) is 0 Å². The highest BCUT2D eigenvalue weighted by Crippen LogP contribution is 2.26. The summed E-state index contributed by atoms with van der Waals surface area (Å²) < 4.78 is 0. The smallest absolute Gasteiger partial charge is 0.0666 e.